The Morgan fingerprint density at radius 1 is 0.970 bits per heavy atom. The molecule has 2 heterocycles. The van der Waals surface area contributed by atoms with Crippen LogP contribution in [0.4, 0.5) is 10.1 Å². The van der Waals surface area contributed by atoms with Crippen LogP contribution in [0.25, 0.3) is 5.69 Å². The van der Waals surface area contributed by atoms with Crippen LogP contribution >= 0.6 is 0 Å². The first-order valence-corrected chi connectivity index (χ1v) is 12.7. The zero-order valence-electron chi connectivity index (χ0n) is 18.1. The normalized spacial score (nSPS) is 16.5. The number of hydrogen-bond donors (Lipinski definition) is 1. The highest BCUT2D eigenvalue weighted by molar-refractivity contribution is 7.89. The zero-order chi connectivity index (χ0) is 23.0. The van der Waals surface area contributed by atoms with Gasteiger partial charge in [-0.2, -0.15) is 9.40 Å². The molecule has 1 saturated heterocycles. The molecule has 5 rings (SSSR count). The van der Waals surface area contributed by atoms with Gasteiger partial charge in [-0.25, -0.2) is 17.5 Å². The number of carbonyl (C=O) groups is 1. The molecule has 0 spiro atoms. The van der Waals surface area contributed by atoms with Gasteiger partial charge in [-0.1, -0.05) is 6.07 Å². The maximum atomic E-state index is 13.4. The van der Waals surface area contributed by atoms with Crippen LogP contribution in [0, 0.1) is 5.82 Å². The molecule has 0 unspecified atom stereocenters. The molecular weight excluding hydrogens is 443 g/mol. The second-order valence-corrected chi connectivity index (χ2v) is 10.4. The summed E-state index contributed by atoms with van der Waals surface area (Å²) in [7, 11) is -3.58. The molecule has 0 bridgehead atoms. The lowest BCUT2D eigenvalue weighted by Crippen LogP contribution is -2.28. The van der Waals surface area contributed by atoms with Gasteiger partial charge in [0.2, 0.25) is 10.0 Å². The van der Waals surface area contributed by atoms with Gasteiger partial charge in [0.15, 0.2) is 5.69 Å². The molecule has 1 amide bonds. The van der Waals surface area contributed by atoms with E-state index in [-0.39, 0.29) is 16.6 Å². The maximum absolute atomic E-state index is 13.4. The molecule has 3 aromatic rings. The lowest BCUT2D eigenvalue weighted by atomic mass is 9.95. The van der Waals surface area contributed by atoms with E-state index >= 15 is 0 Å². The quantitative estimate of drug-likeness (QED) is 0.615. The van der Waals surface area contributed by atoms with Gasteiger partial charge in [-0.05, 0) is 81.0 Å². The Kier molecular flexibility index (Phi) is 5.76. The number of carbonyl (C=O) groups excluding carboxylic acids is 1. The molecule has 9 heteroatoms. The van der Waals surface area contributed by atoms with Crippen molar-refractivity contribution < 1.29 is 17.6 Å². The van der Waals surface area contributed by atoms with E-state index < -0.39 is 10.0 Å². The molecule has 172 valence electrons. The van der Waals surface area contributed by atoms with Gasteiger partial charge in [-0.15, -0.1) is 0 Å². The van der Waals surface area contributed by atoms with Crippen molar-refractivity contribution in [2.45, 2.75) is 43.4 Å². The summed E-state index contributed by atoms with van der Waals surface area (Å²) in [4.78, 5) is 13.4. The van der Waals surface area contributed by atoms with E-state index in [2.05, 4.69) is 10.4 Å². The average Bonchev–Trinajstić information content (AvgIpc) is 3.49. The predicted molar refractivity (Wildman–Crippen MR) is 123 cm³/mol. The smallest absolute Gasteiger partial charge is 0.276 e. The number of anilines is 1. The minimum atomic E-state index is -3.58. The van der Waals surface area contributed by atoms with Crippen molar-refractivity contribution in [3.63, 3.8) is 0 Å². The van der Waals surface area contributed by atoms with Crippen LogP contribution in [0.2, 0.25) is 0 Å². The standard InChI is InChI=1S/C24H25FN4O3S/c25-17-10-12-19(13-11-17)29-22-9-2-1-8-21(22)23(27-29)24(30)26-18-6-5-7-20(16-18)33(31,32)28-14-3-4-15-28/h5-7,10-13,16H,1-4,8-9,14-15H2,(H,26,30). The van der Waals surface area contributed by atoms with E-state index in [1.807, 2.05) is 0 Å². The topological polar surface area (TPSA) is 84.3 Å². The fraction of sp³-hybridized carbons (Fsp3) is 0.333. The fourth-order valence-corrected chi connectivity index (χ4v) is 6.14. The fourth-order valence-electron chi connectivity index (χ4n) is 4.58. The Balaban J connectivity index is 1.44. The van der Waals surface area contributed by atoms with Crippen LogP contribution in [0.3, 0.4) is 0 Å². The number of nitrogens with zero attached hydrogens (tertiary/aromatic N) is 3. The van der Waals surface area contributed by atoms with Crippen LogP contribution in [-0.2, 0) is 22.9 Å². The largest absolute Gasteiger partial charge is 0.321 e. The van der Waals surface area contributed by atoms with E-state index in [0.717, 1.165) is 49.8 Å². The first-order valence-electron chi connectivity index (χ1n) is 11.2. The number of sulfonamides is 1. The average molecular weight is 469 g/mol. The van der Waals surface area contributed by atoms with Crippen LogP contribution in [0.1, 0.15) is 47.4 Å². The summed E-state index contributed by atoms with van der Waals surface area (Å²) in [5.41, 5.74) is 3.28. The van der Waals surface area contributed by atoms with Gasteiger partial charge in [-0.3, -0.25) is 4.79 Å². The third-order valence-corrected chi connectivity index (χ3v) is 8.16. The van der Waals surface area contributed by atoms with Gasteiger partial charge in [0.05, 0.1) is 10.6 Å². The number of rotatable bonds is 5. The predicted octanol–water partition coefficient (Wildman–Crippen LogP) is 3.93. The van der Waals surface area contributed by atoms with Gasteiger partial charge >= 0.3 is 0 Å². The third-order valence-electron chi connectivity index (χ3n) is 6.26. The molecular formula is C24H25FN4O3S. The Bertz CT molecular complexity index is 1300. The maximum Gasteiger partial charge on any atom is 0.276 e. The molecule has 0 saturated carbocycles. The number of fused-ring (bicyclic) bond motifs is 1. The van der Waals surface area contributed by atoms with Crippen molar-refractivity contribution in [3.05, 3.63) is 71.3 Å². The number of aromatic nitrogens is 2. The molecule has 1 fully saturated rings. The summed E-state index contributed by atoms with van der Waals surface area (Å²) in [5, 5.41) is 7.41. The second-order valence-electron chi connectivity index (χ2n) is 8.46. The van der Waals surface area contributed by atoms with Crippen molar-refractivity contribution in [2.24, 2.45) is 0 Å². The highest BCUT2D eigenvalue weighted by Gasteiger charge is 2.28. The van der Waals surface area contributed by atoms with Crippen molar-refractivity contribution in [3.8, 4) is 5.69 Å². The van der Waals surface area contributed by atoms with E-state index in [1.165, 1.54) is 22.5 Å². The molecule has 1 aromatic heterocycles. The first-order chi connectivity index (χ1) is 15.9. The highest BCUT2D eigenvalue weighted by atomic mass is 32.2. The second kappa shape index (κ2) is 8.72. The number of hydrogen-bond acceptors (Lipinski definition) is 4. The van der Waals surface area contributed by atoms with Crippen LogP contribution < -0.4 is 5.32 Å². The van der Waals surface area contributed by atoms with Crippen LogP contribution in [0.15, 0.2) is 53.4 Å². The van der Waals surface area contributed by atoms with Crippen LogP contribution in [-0.4, -0.2) is 41.5 Å². The number of nitrogens with one attached hydrogen (secondary N) is 1. The monoisotopic (exact) mass is 468 g/mol. The molecule has 2 aromatic carbocycles. The first kappa shape index (κ1) is 21.8. The Morgan fingerprint density at radius 3 is 2.45 bits per heavy atom. The lowest BCUT2D eigenvalue weighted by molar-refractivity contribution is 0.102. The van der Waals surface area contributed by atoms with Crippen molar-refractivity contribution >= 4 is 21.6 Å². The highest BCUT2D eigenvalue weighted by Crippen LogP contribution is 2.28. The SMILES string of the molecule is O=C(Nc1cccc(S(=O)(=O)N2CCCC2)c1)c1nn(-c2ccc(F)cc2)c2c1CCCC2. The summed E-state index contributed by atoms with van der Waals surface area (Å²) < 4.78 is 42.4. The molecule has 0 atom stereocenters. The van der Waals surface area contributed by atoms with Gasteiger partial charge in [0.25, 0.3) is 5.91 Å². The Labute approximate surface area is 192 Å². The summed E-state index contributed by atoms with van der Waals surface area (Å²) in [6, 6.07) is 12.4. The van der Waals surface area contributed by atoms with Crippen molar-refractivity contribution in [1.82, 2.24) is 14.1 Å². The Hall–Kier alpha value is -3.04. The van der Waals surface area contributed by atoms with Gasteiger partial charge in [0.1, 0.15) is 5.82 Å². The minimum absolute atomic E-state index is 0.168. The van der Waals surface area contributed by atoms with Gasteiger partial charge in [0, 0.05) is 30.0 Å². The van der Waals surface area contributed by atoms with E-state index in [9.17, 15) is 17.6 Å². The molecule has 0 radical (unpaired) electrons. The van der Waals surface area contributed by atoms with Gasteiger partial charge < -0.3 is 5.32 Å². The Morgan fingerprint density at radius 2 is 1.70 bits per heavy atom. The summed E-state index contributed by atoms with van der Waals surface area (Å²) >= 11 is 0. The van der Waals surface area contributed by atoms with Crippen molar-refractivity contribution in [2.75, 3.05) is 18.4 Å². The van der Waals surface area contributed by atoms with E-state index in [1.54, 1.807) is 35.0 Å². The number of amides is 1. The molecule has 1 aliphatic heterocycles. The summed E-state index contributed by atoms with van der Waals surface area (Å²) in [5.74, 6) is -0.716. The van der Waals surface area contributed by atoms with E-state index in [4.69, 9.17) is 0 Å². The lowest BCUT2D eigenvalue weighted by Gasteiger charge is -2.16. The molecule has 1 aliphatic carbocycles. The zero-order valence-corrected chi connectivity index (χ0v) is 18.9. The summed E-state index contributed by atoms with van der Waals surface area (Å²) in [6.45, 7) is 1.04. The molecule has 1 N–H and O–H groups in total. The molecule has 7 nitrogen and oxygen atoms in total. The number of benzene rings is 2. The summed E-state index contributed by atoms with van der Waals surface area (Å²) in [6.07, 6.45) is 5.21. The minimum Gasteiger partial charge on any atom is -0.321 e. The van der Waals surface area contributed by atoms with E-state index in [0.29, 0.717) is 30.2 Å². The van der Waals surface area contributed by atoms with Crippen LogP contribution in [0.5, 0.6) is 0 Å². The number of halogens is 1. The third kappa shape index (κ3) is 4.18. The molecule has 33 heavy (non-hydrogen) atoms. The van der Waals surface area contributed by atoms with Crippen molar-refractivity contribution in [1.29, 1.82) is 0 Å². The molecule has 2 aliphatic rings.